The van der Waals surface area contributed by atoms with Crippen molar-refractivity contribution in [2.75, 3.05) is 14.2 Å². The Labute approximate surface area is 156 Å². The number of benzene rings is 2. The number of ether oxygens (including phenoxy) is 2. The smallest absolute Gasteiger partial charge is 0.338 e. The lowest BCUT2D eigenvalue weighted by molar-refractivity contribution is -0.384. The van der Waals surface area contributed by atoms with Crippen molar-refractivity contribution in [1.29, 1.82) is 0 Å². The quantitative estimate of drug-likeness (QED) is 0.474. The van der Waals surface area contributed by atoms with Gasteiger partial charge >= 0.3 is 5.97 Å². The molecule has 0 aromatic heterocycles. The van der Waals surface area contributed by atoms with E-state index in [1.165, 1.54) is 13.2 Å². The Balaban J connectivity index is 2.35. The lowest BCUT2D eigenvalue weighted by Crippen LogP contribution is -2.27. The van der Waals surface area contributed by atoms with Crippen LogP contribution in [0.3, 0.4) is 0 Å². The van der Waals surface area contributed by atoms with E-state index in [-0.39, 0.29) is 16.8 Å². The Morgan fingerprint density at radius 3 is 2.37 bits per heavy atom. The van der Waals surface area contributed by atoms with Crippen LogP contribution in [0, 0.1) is 17.0 Å². The van der Waals surface area contributed by atoms with Crippen LogP contribution in [0.5, 0.6) is 5.75 Å². The second kappa shape index (κ2) is 8.31. The summed E-state index contributed by atoms with van der Waals surface area (Å²) in [6.07, 6.45) is 0. The average Bonchev–Trinajstić information content (AvgIpc) is 2.66. The molecule has 0 fully saturated rings. The molecule has 1 N–H and O–H groups in total. The van der Waals surface area contributed by atoms with Crippen LogP contribution in [-0.2, 0) is 4.74 Å². The molecular weight excluding hydrogens is 352 g/mol. The molecule has 0 heterocycles. The number of methoxy groups -OCH3 is 2. The number of hydrogen-bond acceptors (Lipinski definition) is 6. The molecule has 0 aliphatic carbocycles. The van der Waals surface area contributed by atoms with E-state index < -0.39 is 22.8 Å². The Morgan fingerprint density at radius 1 is 1.11 bits per heavy atom. The van der Waals surface area contributed by atoms with Crippen LogP contribution < -0.4 is 10.1 Å². The number of amides is 1. The summed E-state index contributed by atoms with van der Waals surface area (Å²) in [6.45, 7) is 3.69. The molecule has 0 spiro atoms. The Kier molecular flexibility index (Phi) is 6.12. The van der Waals surface area contributed by atoms with Gasteiger partial charge in [0.2, 0.25) is 0 Å². The number of nitro groups is 1. The number of rotatable bonds is 6. The van der Waals surface area contributed by atoms with Gasteiger partial charge in [0.05, 0.1) is 30.7 Å². The SMILES string of the molecule is COC(=O)c1cc(C(=O)NC(C)c2cc(C)ccc2OC)cc([N+](=O)[O-])c1. The van der Waals surface area contributed by atoms with Crippen LogP contribution in [0.2, 0.25) is 0 Å². The monoisotopic (exact) mass is 372 g/mol. The van der Waals surface area contributed by atoms with Crippen LogP contribution in [0.25, 0.3) is 0 Å². The molecule has 0 saturated carbocycles. The fourth-order valence-electron chi connectivity index (χ4n) is 2.63. The fraction of sp³-hybridized carbons (Fsp3) is 0.263. The minimum Gasteiger partial charge on any atom is -0.496 e. The van der Waals surface area contributed by atoms with E-state index in [2.05, 4.69) is 10.1 Å². The summed E-state index contributed by atoms with van der Waals surface area (Å²) >= 11 is 0. The Bertz CT molecular complexity index is 894. The highest BCUT2D eigenvalue weighted by atomic mass is 16.6. The van der Waals surface area contributed by atoms with E-state index >= 15 is 0 Å². The van der Waals surface area contributed by atoms with E-state index in [1.807, 2.05) is 19.1 Å². The van der Waals surface area contributed by atoms with Gasteiger partial charge in [-0.2, -0.15) is 0 Å². The van der Waals surface area contributed by atoms with Crippen molar-refractivity contribution in [2.24, 2.45) is 0 Å². The van der Waals surface area contributed by atoms with Gasteiger partial charge < -0.3 is 14.8 Å². The van der Waals surface area contributed by atoms with Crippen molar-refractivity contribution in [1.82, 2.24) is 5.32 Å². The van der Waals surface area contributed by atoms with Crippen molar-refractivity contribution in [2.45, 2.75) is 19.9 Å². The normalized spacial score (nSPS) is 11.4. The zero-order valence-electron chi connectivity index (χ0n) is 15.4. The minimum absolute atomic E-state index is 0.0110. The molecule has 142 valence electrons. The van der Waals surface area contributed by atoms with Gasteiger partial charge in [0.25, 0.3) is 11.6 Å². The second-order valence-corrected chi connectivity index (χ2v) is 5.96. The average molecular weight is 372 g/mol. The van der Waals surface area contributed by atoms with Gasteiger partial charge in [-0.3, -0.25) is 14.9 Å². The first-order chi connectivity index (χ1) is 12.8. The van der Waals surface area contributed by atoms with Crippen LogP contribution in [0.4, 0.5) is 5.69 Å². The van der Waals surface area contributed by atoms with Gasteiger partial charge in [0.1, 0.15) is 5.75 Å². The van der Waals surface area contributed by atoms with Crippen LogP contribution >= 0.6 is 0 Å². The van der Waals surface area contributed by atoms with E-state index in [9.17, 15) is 19.7 Å². The molecule has 2 aromatic carbocycles. The summed E-state index contributed by atoms with van der Waals surface area (Å²) in [5.41, 5.74) is 1.31. The predicted molar refractivity (Wildman–Crippen MR) is 98.0 cm³/mol. The molecule has 8 heteroatoms. The van der Waals surface area contributed by atoms with Gasteiger partial charge in [0, 0.05) is 23.3 Å². The lowest BCUT2D eigenvalue weighted by atomic mass is 10.0. The van der Waals surface area contributed by atoms with Gasteiger partial charge in [0.15, 0.2) is 0 Å². The molecule has 0 bridgehead atoms. The Morgan fingerprint density at radius 2 is 1.78 bits per heavy atom. The third-order valence-electron chi connectivity index (χ3n) is 4.01. The first-order valence-electron chi connectivity index (χ1n) is 8.10. The van der Waals surface area contributed by atoms with Crippen molar-refractivity contribution in [3.8, 4) is 5.75 Å². The maximum atomic E-state index is 12.6. The predicted octanol–water partition coefficient (Wildman–Crippen LogP) is 3.19. The minimum atomic E-state index is -0.763. The van der Waals surface area contributed by atoms with Gasteiger partial charge in [-0.1, -0.05) is 17.7 Å². The van der Waals surface area contributed by atoms with E-state index in [0.29, 0.717) is 5.75 Å². The van der Waals surface area contributed by atoms with Gasteiger partial charge in [-0.25, -0.2) is 4.79 Å². The summed E-state index contributed by atoms with van der Waals surface area (Å²) in [4.78, 5) is 34.8. The number of nitro benzene ring substituents is 1. The van der Waals surface area contributed by atoms with Crippen LogP contribution in [0.15, 0.2) is 36.4 Å². The van der Waals surface area contributed by atoms with Crippen LogP contribution in [0.1, 0.15) is 44.8 Å². The molecule has 1 unspecified atom stereocenters. The van der Waals surface area contributed by atoms with Crippen molar-refractivity contribution in [3.05, 3.63) is 68.8 Å². The lowest BCUT2D eigenvalue weighted by Gasteiger charge is -2.18. The molecular formula is C19H20N2O6. The molecule has 1 atom stereocenters. The molecule has 27 heavy (non-hydrogen) atoms. The number of nitrogens with zero attached hydrogens (tertiary/aromatic N) is 1. The molecule has 1 amide bonds. The highest BCUT2D eigenvalue weighted by molar-refractivity contribution is 5.99. The van der Waals surface area contributed by atoms with E-state index in [4.69, 9.17) is 4.74 Å². The van der Waals surface area contributed by atoms with Crippen LogP contribution in [-0.4, -0.2) is 31.0 Å². The van der Waals surface area contributed by atoms with Gasteiger partial charge in [-0.15, -0.1) is 0 Å². The fourth-order valence-corrected chi connectivity index (χ4v) is 2.63. The number of carbonyl (C=O) groups excluding carboxylic acids is 2. The largest absolute Gasteiger partial charge is 0.496 e. The number of esters is 1. The molecule has 2 rings (SSSR count). The highest BCUT2D eigenvalue weighted by Crippen LogP contribution is 2.27. The summed E-state index contributed by atoms with van der Waals surface area (Å²) in [5, 5.41) is 13.9. The summed E-state index contributed by atoms with van der Waals surface area (Å²) in [5.74, 6) is -0.705. The zero-order chi connectivity index (χ0) is 20.1. The molecule has 2 aromatic rings. The summed E-state index contributed by atoms with van der Waals surface area (Å²) < 4.78 is 9.91. The number of carbonyl (C=O) groups is 2. The molecule has 0 aliphatic heterocycles. The van der Waals surface area contributed by atoms with E-state index in [1.54, 1.807) is 13.0 Å². The second-order valence-electron chi connectivity index (χ2n) is 5.96. The number of non-ortho nitro benzene ring substituents is 1. The highest BCUT2D eigenvalue weighted by Gasteiger charge is 2.20. The molecule has 8 nitrogen and oxygen atoms in total. The third-order valence-corrected chi connectivity index (χ3v) is 4.01. The third kappa shape index (κ3) is 4.60. The number of hydrogen-bond donors (Lipinski definition) is 1. The Hall–Kier alpha value is -3.42. The maximum Gasteiger partial charge on any atom is 0.338 e. The van der Waals surface area contributed by atoms with Gasteiger partial charge in [-0.05, 0) is 26.0 Å². The molecule has 0 saturated heterocycles. The zero-order valence-corrected chi connectivity index (χ0v) is 15.4. The number of aryl methyl sites for hydroxylation is 1. The maximum absolute atomic E-state index is 12.6. The standard InChI is InChI=1S/C19H20N2O6/c1-11-5-6-17(26-3)16(7-11)12(2)20-18(22)13-8-14(19(23)27-4)10-15(9-13)21(24)25/h5-10,12H,1-4H3,(H,20,22). The first kappa shape index (κ1) is 19.9. The first-order valence-corrected chi connectivity index (χ1v) is 8.10. The summed E-state index contributed by atoms with van der Waals surface area (Å²) in [7, 11) is 2.69. The van der Waals surface area contributed by atoms with E-state index in [0.717, 1.165) is 30.4 Å². The topological polar surface area (TPSA) is 108 Å². The van der Waals surface area contributed by atoms with Crippen molar-refractivity contribution < 1.29 is 24.0 Å². The van der Waals surface area contributed by atoms with Crippen molar-refractivity contribution in [3.63, 3.8) is 0 Å². The summed E-state index contributed by atoms with van der Waals surface area (Å²) in [6, 6.07) is 8.59. The van der Waals surface area contributed by atoms with Crippen molar-refractivity contribution >= 4 is 17.6 Å². The number of nitrogens with one attached hydrogen (secondary N) is 1. The molecule has 0 radical (unpaired) electrons. The molecule has 0 aliphatic rings.